The van der Waals surface area contributed by atoms with Crippen LogP contribution in [0.4, 0.5) is 0 Å². The largest absolute Gasteiger partial charge is 0.489 e. The molecule has 0 aliphatic rings. The molecule has 0 rings (SSSR count). The molecule has 0 aromatic carbocycles. The Morgan fingerprint density at radius 1 is 1.33 bits per heavy atom. The molecule has 74 valence electrons. The summed E-state index contributed by atoms with van der Waals surface area (Å²) in [4.78, 5) is 0. The second kappa shape index (κ2) is 7.05. The Morgan fingerprint density at radius 2 is 1.92 bits per heavy atom. The molecule has 6 heteroatoms. The first-order chi connectivity index (χ1) is 5.74. The highest BCUT2D eigenvalue weighted by Gasteiger charge is 2.36. The SMILES string of the molecule is CO[Si](CCCCl)(OC)O[SiH2]C. The van der Waals surface area contributed by atoms with Gasteiger partial charge in [0.25, 0.3) is 0 Å². The summed E-state index contributed by atoms with van der Waals surface area (Å²) in [6.07, 6.45) is 0.893. The predicted octanol–water partition coefficient (Wildman–Crippen LogP) is 0.995. The van der Waals surface area contributed by atoms with Gasteiger partial charge in [-0.15, -0.1) is 11.6 Å². The quantitative estimate of drug-likeness (QED) is 0.481. The van der Waals surface area contributed by atoms with Crippen molar-refractivity contribution in [1.82, 2.24) is 0 Å². The molecule has 12 heavy (non-hydrogen) atoms. The molecule has 0 aromatic rings. The molecular formula is C6H17ClO3Si2. The Hall–Kier alpha value is 0.604. The second-order valence-electron chi connectivity index (χ2n) is 2.32. The van der Waals surface area contributed by atoms with E-state index in [0.29, 0.717) is 5.88 Å². The van der Waals surface area contributed by atoms with Gasteiger partial charge in [-0.3, -0.25) is 0 Å². The van der Waals surface area contributed by atoms with Crippen LogP contribution in [0.25, 0.3) is 0 Å². The lowest BCUT2D eigenvalue weighted by molar-refractivity contribution is 0.163. The molecular weight excluding hydrogens is 212 g/mol. The number of alkyl halides is 1. The zero-order valence-electron chi connectivity index (χ0n) is 7.93. The third-order valence-corrected chi connectivity index (χ3v) is 6.99. The van der Waals surface area contributed by atoms with E-state index in [0.717, 1.165) is 12.5 Å². The topological polar surface area (TPSA) is 27.7 Å². The van der Waals surface area contributed by atoms with E-state index in [1.165, 1.54) is 0 Å². The monoisotopic (exact) mass is 228 g/mol. The van der Waals surface area contributed by atoms with E-state index in [9.17, 15) is 0 Å². The standard InChI is InChI=1S/C6H17ClO3Si2/c1-8-12(9-2,10-11-3)6-4-5-7/h4-6,11H2,1-3H3. The summed E-state index contributed by atoms with van der Waals surface area (Å²) in [6.45, 7) is 2.07. The van der Waals surface area contributed by atoms with Gasteiger partial charge in [-0.25, -0.2) is 0 Å². The lowest BCUT2D eigenvalue weighted by Gasteiger charge is -2.25. The van der Waals surface area contributed by atoms with Crippen LogP contribution >= 0.6 is 11.6 Å². The van der Waals surface area contributed by atoms with E-state index in [4.69, 9.17) is 24.6 Å². The first-order valence-corrected chi connectivity index (χ1v) is 8.50. The first-order valence-electron chi connectivity index (χ1n) is 4.05. The molecule has 0 aliphatic heterocycles. The molecule has 0 bridgehead atoms. The van der Waals surface area contributed by atoms with Gasteiger partial charge in [0.15, 0.2) is 0 Å². The molecule has 0 atom stereocenters. The van der Waals surface area contributed by atoms with E-state index in [2.05, 4.69) is 6.55 Å². The van der Waals surface area contributed by atoms with Crippen LogP contribution in [0.2, 0.25) is 12.6 Å². The van der Waals surface area contributed by atoms with Crippen molar-refractivity contribution in [3.05, 3.63) is 0 Å². The highest BCUT2D eigenvalue weighted by molar-refractivity contribution is 6.65. The maximum Gasteiger partial charge on any atom is 0.489 e. The summed E-state index contributed by atoms with van der Waals surface area (Å²) in [6, 6.07) is 0.824. The molecule has 0 aliphatic carbocycles. The zero-order chi connectivity index (χ0) is 9.45. The summed E-state index contributed by atoms with van der Waals surface area (Å²) in [7, 11) is 0.535. The minimum absolute atomic E-state index is 0.471. The van der Waals surface area contributed by atoms with Gasteiger partial charge in [0.2, 0.25) is 0 Å². The molecule has 0 heterocycles. The number of hydrogen-bond acceptors (Lipinski definition) is 3. The van der Waals surface area contributed by atoms with Crippen LogP contribution in [0, 0.1) is 0 Å². The maximum atomic E-state index is 5.60. The molecule has 0 saturated carbocycles. The average Bonchev–Trinajstić information content (AvgIpc) is 2.13. The Bertz CT molecular complexity index is 111. The van der Waals surface area contributed by atoms with Crippen molar-refractivity contribution in [3.8, 4) is 0 Å². The normalized spacial score (nSPS) is 13.0. The summed E-state index contributed by atoms with van der Waals surface area (Å²) in [5.41, 5.74) is 0. The van der Waals surface area contributed by atoms with Crippen molar-refractivity contribution < 1.29 is 13.0 Å². The van der Waals surface area contributed by atoms with Crippen molar-refractivity contribution in [1.29, 1.82) is 0 Å². The average molecular weight is 229 g/mol. The lowest BCUT2D eigenvalue weighted by atomic mass is 10.6. The van der Waals surface area contributed by atoms with Crippen LogP contribution in [0.1, 0.15) is 6.42 Å². The van der Waals surface area contributed by atoms with E-state index in [1.807, 2.05) is 0 Å². The minimum Gasteiger partial charge on any atom is -0.422 e. The van der Waals surface area contributed by atoms with Crippen molar-refractivity contribution in [2.24, 2.45) is 0 Å². The van der Waals surface area contributed by atoms with Gasteiger partial charge in [0.05, 0.1) is 0 Å². The van der Waals surface area contributed by atoms with Crippen molar-refractivity contribution in [3.63, 3.8) is 0 Å². The van der Waals surface area contributed by atoms with Crippen molar-refractivity contribution in [2.75, 3.05) is 20.1 Å². The number of rotatable bonds is 7. The summed E-state index contributed by atoms with van der Waals surface area (Å²) in [5, 5.41) is 0. The molecule has 0 aromatic heterocycles. The molecule has 3 nitrogen and oxygen atoms in total. The van der Waals surface area contributed by atoms with Gasteiger partial charge in [0.1, 0.15) is 9.76 Å². The molecule has 0 spiro atoms. The van der Waals surface area contributed by atoms with Gasteiger partial charge in [-0.2, -0.15) is 0 Å². The van der Waals surface area contributed by atoms with Crippen LogP contribution in [0.5, 0.6) is 0 Å². The molecule has 0 radical (unpaired) electrons. The smallest absolute Gasteiger partial charge is 0.422 e. The Balaban J connectivity index is 3.95. The van der Waals surface area contributed by atoms with Crippen LogP contribution in [-0.4, -0.2) is 38.7 Å². The highest BCUT2D eigenvalue weighted by Crippen LogP contribution is 2.15. The third kappa shape index (κ3) is 4.02. The second-order valence-corrected chi connectivity index (χ2v) is 7.11. The fourth-order valence-corrected chi connectivity index (χ4v) is 5.80. The first kappa shape index (κ1) is 12.6. The van der Waals surface area contributed by atoms with E-state index >= 15 is 0 Å². The van der Waals surface area contributed by atoms with Crippen LogP contribution in [0.3, 0.4) is 0 Å². The molecule has 0 unspecified atom stereocenters. The summed E-state index contributed by atoms with van der Waals surface area (Å²) < 4.78 is 16.2. The van der Waals surface area contributed by atoms with Gasteiger partial charge in [0, 0.05) is 26.1 Å². The fraction of sp³-hybridized carbons (Fsp3) is 1.00. The number of hydrogen-bond donors (Lipinski definition) is 0. The van der Waals surface area contributed by atoms with Crippen molar-refractivity contribution in [2.45, 2.75) is 19.0 Å². The van der Waals surface area contributed by atoms with Crippen LogP contribution in [-0.2, 0) is 13.0 Å². The van der Waals surface area contributed by atoms with E-state index in [1.54, 1.807) is 14.2 Å². The Morgan fingerprint density at radius 3 is 2.25 bits per heavy atom. The van der Waals surface area contributed by atoms with Gasteiger partial charge in [-0.05, 0) is 6.42 Å². The molecule has 0 saturated heterocycles. The third-order valence-electron chi connectivity index (χ3n) is 1.60. The van der Waals surface area contributed by atoms with E-state index < -0.39 is 18.6 Å². The van der Waals surface area contributed by atoms with Crippen molar-refractivity contribution >= 4 is 30.2 Å². The number of halogens is 1. The van der Waals surface area contributed by atoms with Gasteiger partial charge in [-0.1, -0.05) is 6.55 Å². The maximum absolute atomic E-state index is 5.60. The highest BCUT2D eigenvalue weighted by atomic mass is 35.5. The predicted molar refractivity (Wildman–Crippen MR) is 55.4 cm³/mol. The van der Waals surface area contributed by atoms with Crippen LogP contribution in [0.15, 0.2) is 0 Å². The van der Waals surface area contributed by atoms with Gasteiger partial charge >= 0.3 is 8.80 Å². The summed E-state index contributed by atoms with van der Waals surface area (Å²) >= 11 is 5.59. The molecule has 0 N–H and O–H groups in total. The molecule has 0 amide bonds. The van der Waals surface area contributed by atoms with E-state index in [-0.39, 0.29) is 0 Å². The van der Waals surface area contributed by atoms with Gasteiger partial charge < -0.3 is 13.0 Å². The Labute approximate surface area is 82.7 Å². The molecule has 0 fully saturated rings. The summed E-state index contributed by atoms with van der Waals surface area (Å²) in [5.74, 6) is 0.635. The fourth-order valence-electron chi connectivity index (χ4n) is 0.981. The van der Waals surface area contributed by atoms with Crippen LogP contribution < -0.4 is 0 Å². The zero-order valence-corrected chi connectivity index (χ0v) is 11.1. The lowest BCUT2D eigenvalue weighted by Crippen LogP contribution is -2.44. The minimum atomic E-state index is -2.29. The Kier molecular flexibility index (Phi) is 7.40.